The zero-order valence-corrected chi connectivity index (χ0v) is 11.9. The Hall–Kier alpha value is -1.58. The highest BCUT2D eigenvalue weighted by Crippen LogP contribution is 2.28. The lowest BCUT2D eigenvalue weighted by Crippen LogP contribution is -2.03. The maximum atomic E-state index is 13.7. The molecule has 0 aliphatic carbocycles. The van der Waals surface area contributed by atoms with Gasteiger partial charge in [-0.3, -0.25) is 0 Å². The Morgan fingerprint density at radius 3 is 2.50 bits per heavy atom. The predicted molar refractivity (Wildman–Crippen MR) is 77.7 cm³/mol. The van der Waals surface area contributed by atoms with Gasteiger partial charge >= 0.3 is 0 Å². The third kappa shape index (κ3) is 3.50. The van der Waals surface area contributed by atoms with E-state index >= 15 is 0 Å². The molecule has 4 heteroatoms. The van der Waals surface area contributed by atoms with Crippen LogP contribution in [-0.2, 0) is 6.42 Å². The van der Waals surface area contributed by atoms with Gasteiger partial charge in [-0.25, -0.2) is 4.39 Å². The molecule has 0 radical (unpaired) electrons. The van der Waals surface area contributed by atoms with Crippen LogP contribution in [0.15, 0.2) is 42.5 Å². The maximum absolute atomic E-state index is 13.7. The number of ether oxygens (including phenoxy) is 1. The second kappa shape index (κ2) is 6.73. The lowest BCUT2D eigenvalue weighted by atomic mass is 10.0. The van der Waals surface area contributed by atoms with Crippen molar-refractivity contribution < 1.29 is 14.2 Å². The van der Waals surface area contributed by atoms with Crippen molar-refractivity contribution in [1.82, 2.24) is 0 Å². The van der Waals surface area contributed by atoms with E-state index in [2.05, 4.69) is 0 Å². The van der Waals surface area contributed by atoms with E-state index in [1.807, 2.05) is 24.3 Å². The van der Waals surface area contributed by atoms with Crippen LogP contribution < -0.4 is 4.74 Å². The normalized spacial score (nSPS) is 12.2. The molecule has 0 fully saturated rings. The number of aryl methyl sites for hydroxylation is 1. The SMILES string of the molecule is COc1ccc(CCC(O)c2c(F)cccc2Cl)cc1. The summed E-state index contributed by atoms with van der Waals surface area (Å²) in [5.74, 6) is 0.311. The second-order valence-corrected chi connectivity index (χ2v) is 4.95. The molecule has 0 aliphatic rings. The molecule has 1 atom stereocenters. The van der Waals surface area contributed by atoms with Crippen molar-refractivity contribution in [3.63, 3.8) is 0 Å². The standard InChI is InChI=1S/C16H16ClFO2/c1-20-12-8-5-11(6-9-12)7-10-15(19)16-13(17)3-2-4-14(16)18/h2-6,8-9,15,19H,7,10H2,1H3. The summed E-state index contributed by atoms with van der Waals surface area (Å²) < 4.78 is 18.7. The van der Waals surface area contributed by atoms with E-state index in [0.717, 1.165) is 11.3 Å². The van der Waals surface area contributed by atoms with E-state index in [0.29, 0.717) is 12.8 Å². The zero-order valence-electron chi connectivity index (χ0n) is 11.1. The van der Waals surface area contributed by atoms with Crippen LogP contribution in [0.1, 0.15) is 23.7 Å². The molecule has 2 rings (SSSR count). The van der Waals surface area contributed by atoms with Gasteiger partial charge < -0.3 is 9.84 Å². The Morgan fingerprint density at radius 1 is 1.20 bits per heavy atom. The van der Waals surface area contributed by atoms with Gasteiger partial charge in [0.05, 0.1) is 13.2 Å². The maximum Gasteiger partial charge on any atom is 0.130 e. The minimum Gasteiger partial charge on any atom is -0.497 e. The zero-order chi connectivity index (χ0) is 14.5. The van der Waals surface area contributed by atoms with Gasteiger partial charge in [-0.05, 0) is 42.7 Å². The summed E-state index contributed by atoms with van der Waals surface area (Å²) in [6.07, 6.45) is 0.133. The minimum absolute atomic E-state index is 0.169. The number of aliphatic hydroxyl groups excluding tert-OH is 1. The summed E-state index contributed by atoms with van der Waals surface area (Å²) in [6, 6.07) is 12.0. The van der Waals surface area contributed by atoms with Crippen molar-refractivity contribution >= 4 is 11.6 Å². The van der Waals surface area contributed by atoms with Gasteiger partial charge in [0.25, 0.3) is 0 Å². The molecule has 0 bridgehead atoms. The van der Waals surface area contributed by atoms with Crippen LogP contribution >= 0.6 is 11.6 Å². The first-order chi connectivity index (χ1) is 9.61. The van der Waals surface area contributed by atoms with Gasteiger partial charge in [-0.2, -0.15) is 0 Å². The van der Waals surface area contributed by atoms with Crippen LogP contribution in [0.25, 0.3) is 0 Å². The van der Waals surface area contributed by atoms with Crippen molar-refractivity contribution in [2.24, 2.45) is 0 Å². The number of halogens is 2. The summed E-state index contributed by atoms with van der Waals surface area (Å²) in [4.78, 5) is 0. The van der Waals surface area contributed by atoms with Crippen LogP contribution in [0.5, 0.6) is 5.75 Å². The first kappa shape index (κ1) is 14.8. The number of aliphatic hydroxyl groups is 1. The Labute approximate surface area is 122 Å². The Morgan fingerprint density at radius 2 is 1.90 bits per heavy atom. The average Bonchev–Trinajstić information content (AvgIpc) is 2.45. The molecular weight excluding hydrogens is 279 g/mol. The molecule has 0 amide bonds. The molecule has 2 aromatic carbocycles. The molecule has 2 aromatic rings. The van der Waals surface area contributed by atoms with E-state index in [1.54, 1.807) is 13.2 Å². The van der Waals surface area contributed by atoms with Crippen LogP contribution in [0.4, 0.5) is 4.39 Å². The average molecular weight is 295 g/mol. The van der Waals surface area contributed by atoms with Crippen LogP contribution in [-0.4, -0.2) is 12.2 Å². The summed E-state index contributed by atoms with van der Waals surface area (Å²) >= 11 is 5.93. The summed E-state index contributed by atoms with van der Waals surface area (Å²) in [5, 5.41) is 10.4. The van der Waals surface area contributed by atoms with Gasteiger partial charge in [-0.1, -0.05) is 29.8 Å². The first-order valence-corrected chi connectivity index (χ1v) is 6.74. The molecule has 1 N–H and O–H groups in total. The number of methoxy groups -OCH3 is 1. The molecule has 2 nitrogen and oxygen atoms in total. The molecule has 0 saturated heterocycles. The fourth-order valence-corrected chi connectivity index (χ4v) is 2.36. The van der Waals surface area contributed by atoms with Crippen LogP contribution in [0.2, 0.25) is 5.02 Å². The molecule has 0 heterocycles. The predicted octanol–water partition coefficient (Wildman–Crippen LogP) is 4.15. The number of hydrogen-bond donors (Lipinski definition) is 1. The monoisotopic (exact) mass is 294 g/mol. The van der Waals surface area contributed by atoms with Gasteiger partial charge in [0, 0.05) is 10.6 Å². The molecular formula is C16H16ClFO2. The highest BCUT2D eigenvalue weighted by Gasteiger charge is 2.16. The van der Waals surface area contributed by atoms with E-state index in [-0.39, 0.29) is 10.6 Å². The molecule has 1 unspecified atom stereocenters. The van der Waals surface area contributed by atoms with Gasteiger partial charge in [0.15, 0.2) is 0 Å². The molecule has 106 valence electrons. The second-order valence-electron chi connectivity index (χ2n) is 4.54. The Bertz CT molecular complexity index is 549. The molecule has 0 saturated carbocycles. The molecule has 20 heavy (non-hydrogen) atoms. The Kier molecular flexibility index (Phi) is 4.99. The minimum atomic E-state index is -0.911. The van der Waals surface area contributed by atoms with Crippen molar-refractivity contribution in [2.75, 3.05) is 7.11 Å². The lowest BCUT2D eigenvalue weighted by molar-refractivity contribution is 0.163. The van der Waals surface area contributed by atoms with Crippen molar-refractivity contribution in [3.05, 3.63) is 64.4 Å². The van der Waals surface area contributed by atoms with Gasteiger partial charge in [0.2, 0.25) is 0 Å². The number of hydrogen-bond acceptors (Lipinski definition) is 2. The van der Waals surface area contributed by atoms with Crippen molar-refractivity contribution in [1.29, 1.82) is 0 Å². The fraction of sp³-hybridized carbons (Fsp3) is 0.250. The van der Waals surface area contributed by atoms with Gasteiger partial charge in [-0.15, -0.1) is 0 Å². The van der Waals surface area contributed by atoms with Crippen molar-refractivity contribution in [2.45, 2.75) is 18.9 Å². The molecule has 0 aromatic heterocycles. The number of benzene rings is 2. The molecule has 0 aliphatic heterocycles. The van der Waals surface area contributed by atoms with E-state index in [9.17, 15) is 9.50 Å². The summed E-state index contributed by atoms with van der Waals surface area (Å²) in [6.45, 7) is 0. The van der Waals surface area contributed by atoms with Crippen LogP contribution in [0.3, 0.4) is 0 Å². The third-order valence-corrected chi connectivity index (χ3v) is 3.53. The highest BCUT2D eigenvalue weighted by atomic mass is 35.5. The topological polar surface area (TPSA) is 29.5 Å². The van der Waals surface area contributed by atoms with Crippen LogP contribution in [0, 0.1) is 5.82 Å². The summed E-state index contributed by atoms with van der Waals surface area (Å²) in [7, 11) is 1.61. The highest BCUT2D eigenvalue weighted by molar-refractivity contribution is 6.31. The Balaban J connectivity index is 2.02. The number of rotatable bonds is 5. The fourth-order valence-electron chi connectivity index (χ4n) is 2.07. The summed E-state index contributed by atoms with van der Waals surface area (Å²) in [5.41, 5.74) is 1.22. The van der Waals surface area contributed by atoms with E-state index < -0.39 is 11.9 Å². The van der Waals surface area contributed by atoms with Gasteiger partial charge in [0.1, 0.15) is 11.6 Å². The quantitative estimate of drug-likeness (QED) is 0.897. The smallest absolute Gasteiger partial charge is 0.130 e. The lowest BCUT2D eigenvalue weighted by Gasteiger charge is -2.13. The molecule has 0 spiro atoms. The van der Waals surface area contributed by atoms with Crippen molar-refractivity contribution in [3.8, 4) is 5.75 Å². The van der Waals surface area contributed by atoms with E-state index in [1.165, 1.54) is 12.1 Å². The first-order valence-electron chi connectivity index (χ1n) is 6.36. The largest absolute Gasteiger partial charge is 0.497 e. The van der Waals surface area contributed by atoms with E-state index in [4.69, 9.17) is 16.3 Å². The third-order valence-electron chi connectivity index (χ3n) is 3.20.